The van der Waals surface area contributed by atoms with Crippen molar-refractivity contribution in [1.82, 2.24) is 10.3 Å². The minimum Gasteiger partial charge on any atom is -0.497 e. The lowest BCUT2D eigenvalue weighted by atomic mass is 9.88. The van der Waals surface area contributed by atoms with Crippen LogP contribution in [-0.4, -0.2) is 18.0 Å². The van der Waals surface area contributed by atoms with Gasteiger partial charge in [-0.3, -0.25) is 4.79 Å². The highest BCUT2D eigenvalue weighted by Crippen LogP contribution is 2.39. The normalized spacial score (nSPS) is 15.6. The van der Waals surface area contributed by atoms with Gasteiger partial charge in [-0.05, 0) is 30.5 Å². The summed E-state index contributed by atoms with van der Waals surface area (Å²) in [5, 5.41) is 5.77. The van der Waals surface area contributed by atoms with Crippen LogP contribution in [0.15, 0.2) is 29.6 Å². The van der Waals surface area contributed by atoms with Gasteiger partial charge in [0.2, 0.25) is 0 Å². The third-order valence-electron chi connectivity index (χ3n) is 4.41. The summed E-state index contributed by atoms with van der Waals surface area (Å²) in [6.07, 6.45) is 4.10. The molecule has 3 rings (SSSR count). The van der Waals surface area contributed by atoms with Gasteiger partial charge in [-0.2, -0.15) is 0 Å². The molecule has 0 spiro atoms. The van der Waals surface area contributed by atoms with Crippen LogP contribution in [0.2, 0.25) is 0 Å². The van der Waals surface area contributed by atoms with E-state index in [-0.39, 0.29) is 23.9 Å². The molecule has 1 aliphatic carbocycles. The lowest BCUT2D eigenvalue weighted by Crippen LogP contribution is -2.43. The molecule has 1 saturated carbocycles. The Bertz CT molecular complexity index is 681. The quantitative estimate of drug-likeness (QED) is 0.850. The van der Waals surface area contributed by atoms with Crippen LogP contribution in [-0.2, 0) is 12.1 Å². The molecule has 130 valence electrons. The van der Waals surface area contributed by atoms with Crippen LogP contribution < -0.4 is 15.8 Å². The Kier molecular flexibility index (Phi) is 6.21. The summed E-state index contributed by atoms with van der Waals surface area (Å²) in [6.45, 7) is 0.363. The highest BCUT2D eigenvalue weighted by molar-refractivity contribution is 7.09. The molecule has 7 heteroatoms. The third-order valence-corrected chi connectivity index (χ3v) is 5.28. The van der Waals surface area contributed by atoms with E-state index in [2.05, 4.69) is 10.3 Å². The van der Waals surface area contributed by atoms with E-state index >= 15 is 0 Å². The number of carbonyl (C=O) groups is 1. The van der Waals surface area contributed by atoms with E-state index in [1.54, 1.807) is 12.5 Å². The standard InChI is InChI=1S/C17H21N3O2S.ClH/c1-22-13-6-4-12(5-7-13)17(8-2-3-9-17)20-16(21)14-11-23-15(10-18)19-14;/h4-7,11H,2-3,8-10,18H2,1H3,(H,20,21);1H. The molecule has 0 atom stereocenters. The van der Waals surface area contributed by atoms with Crippen molar-refractivity contribution < 1.29 is 9.53 Å². The average Bonchev–Trinajstić information content (AvgIpc) is 3.25. The van der Waals surface area contributed by atoms with E-state index in [4.69, 9.17) is 10.5 Å². The number of carbonyl (C=O) groups excluding carboxylic acids is 1. The van der Waals surface area contributed by atoms with Crippen molar-refractivity contribution in [3.8, 4) is 5.75 Å². The van der Waals surface area contributed by atoms with Gasteiger partial charge in [0.05, 0.1) is 12.6 Å². The number of rotatable bonds is 5. The van der Waals surface area contributed by atoms with Crippen molar-refractivity contribution in [2.75, 3.05) is 7.11 Å². The molecular formula is C17H22ClN3O2S. The van der Waals surface area contributed by atoms with Crippen LogP contribution >= 0.6 is 23.7 Å². The topological polar surface area (TPSA) is 77.2 Å². The Morgan fingerprint density at radius 2 is 2.00 bits per heavy atom. The number of ether oxygens (including phenoxy) is 1. The Balaban J connectivity index is 0.00000208. The summed E-state index contributed by atoms with van der Waals surface area (Å²) in [4.78, 5) is 16.9. The fourth-order valence-electron chi connectivity index (χ4n) is 3.16. The number of nitrogens with zero attached hydrogens (tertiary/aromatic N) is 1. The summed E-state index contributed by atoms with van der Waals surface area (Å²) in [6, 6.07) is 7.96. The zero-order chi connectivity index (χ0) is 16.3. The van der Waals surface area contributed by atoms with Crippen molar-refractivity contribution >= 4 is 29.7 Å². The molecule has 1 amide bonds. The first-order chi connectivity index (χ1) is 11.2. The van der Waals surface area contributed by atoms with Gasteiger partial charge in [0.1, 0.15) is 16.5 Å². The summed E-state index contributed by atoms with van der Waals surface area (Å²) in [5.74, 6) is 0.694. The third kappa shape index (κ3) is 3.71. The molecule has 1 aromatic heterocycles. The smallest absolute Gasteiger partial charge is 0.271 e. The van der Waals surface area contributed by atoms with Crippen LogP contribution in [0.5, 0.6) is 5.75 Å². The highest BCUT2D eigenvalue weighted by Gasteiger charge is 2.37. The molecule has 3 N–H and O–H groups in total. The largest absolute Gasteiger partial charge is 0.497 e. The van der Waals surface area contributed by atoms with Gasteiger partial charge in [-0.1, -0.05) is 25.0 Å². The van der Waals surface area contributed by atoms with Gasteiger partial charge >= 0.3 is 0 Å². The molecule has 0 unspecified atom stereocenters. The first kappa shape index (κ1) is 18.7. The molecule has 0 bridgehead atoms. The van der Waals surface area contributed by atoms with Gasteiger partial charge < -0.3 is 15.8 Å². The summed E-state index contributed by atoms with van der Waals surface area (Å²) in [5.41, 5.74) is 6.84. The number of hydrogen-bond donors (Lipinski definition) is 2. The second kappa shape index (κ2) is 7.96. The van der Waals surface area contributed by atoms with E-state index in [1.807, 2.05) is 24.3 Å². The van der Waals surface area contributed by atoms with Crippen molar-refractivity contribution in [3.63, 3.8) is 0 Å². The van der Waals surface area contributed by atoms with Crippen LogP contribution in [0.4, 0.5) is 0 Å². The van der Waals surface area contributed by atoms with E-state index in [0.717, 1.165) is 42.0 Å². The number of aromatic nitrogens is 1. The fourth-order valence-corrected chi connectivity index (χ4v) is 3.82. The zero-order valence-electron chi connectivity index (χ0n) is 13.6. The molecule has 1 fully saturated rings. The summed E-state index contributed by atoms with van der Waals surface area (Å²) in [7, 11) is 1.65. The monoisotopic (exact) mass is 367 g/mol. The molecule has 24 heavy (non-hydrogen) atoms. The maximum absolute atomic E-state index is 12.6. The van der Waals surface area contributed by atoms with Crippen molar-refractivity contribution in [2.24, 2.45) is 5.73 Å². The molecule has 1 aliphatic rings. The molecular weight excluding hydrogens is 346 g/mol. The minimum atomic E-state index is -0.310. The zero-order valence-corrected chi connectivity index (χ0v) is 15.2. The number of benzene rings is 1. The SMILES string of the molecule is COc1ccc(C2(NC(=O)c3csc(CN)n3)CCCC2)cc1.Cl. The highest BCUT2D eigenvalue weighted by atomic mass is 35.5. The minimum absolute atomic E-state index is 0. The molecule has 2 aromatic rings. The molecule has 1 aromatic carbocycles. The molecule has 1 heterocycles. The first-order valence-corrected chi connectivity index (χ1v) is 8.66. The van der Waals surface area contributed by atoms with E-state index in [0.29, 0.717) is 12.2 Å². The predicted octanol–water partition coefficient (Wildman–Crippen LogP) is 3.23. The Morgan fingerprint density at radius 3 is 2.54 bits per heavy atom. The van der Waals surface area contributed by atoms with Crippen LogP contribution in [0.3, 0.4) is 0 Å². The van der Waals surface area contributed by atoms with Gasteiger partial charge in [0.25, 0.3) is 5.91 Å². The predicted molar refractivity (Wildman–Crippen MR) is 97.9 cm³/mol. The number of nitrogens with one attached hydrogen (secondary N) is 1. The molecule has 0 aliphatic heterocycles. The van der Waals surface area contributed by atoms with Gasteiger partial charge in [0.15, 0.2) is 0 Å². The maximum Gasteiger partial charge on any atom is 0.271 e. The average molecular weight is 368 g/mol. The number of methoxy groups -OCH3 is 1. The Hall–Kier alpha value is -1.63. The Labute approximate surface area is 152 Å². The van der Waals surface area contributed by atoms with E-state index < -0.39 is 0 Å². The number of thiazole rings is 1. The van der Waals surface area contributed by atoms with Gasteiger partial charge in [-0.15, -0.1) is 23.7 Å². The second-order valence-corrected chi connectivity index (χ2v) is 6.75. The molecule has 5 nitrogen and oxygen atoms in total. The van der Waals surface area contributed by atoms with Crippen molar-refractivity contribution in [3.05, 3.63) is 45.9 Å². The van der Waals surface area contributed by atoms with Gasteiger partial charge in [0, 0.05) is 11.9 Å². The maximum atomic E-state index is 12.6. The van der Waals surface area contributed by atoms with Crippen LogP contribution in [0.1, 0.15) is 46.7 Å². The number of amides is 1. The van der Waals surface area contributed by atoms with Gasteiger partial charge in [-0.25, -0.2) is 4.98 Å². The number of nitrogens with two attached hydrogens (primary N) is 1. The first-order valence-electron chi connectivity index (χ1n) is 7.78. The fraction of sp³-hybridized carbons (Fsp3) is 0.412. The summed E-state index contributed by atoms with van der Waals surface area (Å²) >= 11 is 1.42. The lowest BCUT2D eigenvalue weighted by molar-refractivity contribution is 0.0893. The van der Waals surface area contributed by atoms with Crippen molar-refractivity contribution in [1.29, 1.82) is 0 Å². The number of hydrogen-bond acceptors (Lipinski definition) is 5. The molecule has 0 radical (unpaired) electrons. The van der Waals surface area contributed by atoms with E-state index in [1.165, 1.54) is 11.3 Å². The Morgan fingerprint density at radius 1 is 1.33 bits per heavy atom. The second-order valence-electron chi connectivity index (χ2n) is 5.80. The lowest BCUT2D eigenvalue weighted by Gasteiger charge is -2.31. The number of halogens is 1. The van der Waals surface area contributed by atoms with E-state index in [9.17, 15) is 4.79 Å². The summed E-state index contributed by atoms with van der Waals surface area (Å²) < 4.78 is 5.22. The van der Waals surface area contributed by atoms with Crippen molar-refractivity contribution in [2.45, 2.75) is 37.8 Å². The van der Waals surface area contributed by atoms with Crippen LogP contribution in [0, 0.1) is 0 Å². The van der Waals surface area contributed by atoms with Crippen LogP contribution in [0.25, 0.3) is 0 Å². The molecule has 0 saturated heterocycles.